The van der Waals surface area contributed by atoms with Gasteiger partial charge in [-0.3, -0.25) is 14.9 Å². The number of fused-ring (bicyclic) bond motifs is 1. The Balaban J connectivity index is 1.32. The van der Waals surface area contributed by atoms with Crippen molar-refractivity contribution in [2.45, 2.75) is 25.5 Å². The zero-order valence-corrected chi connectivity index (χ0v) is 24.6. The second-order valence-electron chi connectivity index (χ2n) is 10.9. The number of nitrogens with zero attached hydrogens (tertiary/aromatic N) is 6. The molecule has 1 fully saturated rings. The molecule has 43 heavy (non-hydrogen) atoms. The Hall–Kier alpha value is -4.58. The third kappa shape index (κ3) is 5.74. The van der Waals surface area contributed by atoms with Gasteiger partial charge in [-0.15, -0.1) is 0 Å². The summed E-state index contributed by atoms with van der Waals surface area (Å²) in [6, 6.07) is 21.6. The molecule has 3 N–H and O–H groups in total. The zero-order valence-electron chi connectivity index (χ0n) is 24.6. The number of likely N-dealkylation sites (tertiary alicyclic amines) is 1. The molecule has 1 aliphatic heterocycles. The molecule has 0 radical (unpaired) electrons. The number of urea groups is 1. The molecule has 4 heterocycles. The van der Waals surface area contributed by atoms with Crippen LogP contribution in [-0.2, 0) is 18.4 Å². The van der Waals surface area contributed by atoms with E-state index in [2.05, 4.69) is 37.7 Å². The molecule has 0 aliphatic carbocycles. The van der Waals surface area contributed by atoms with Crippen molar-refractivity contribution in [3.05, 3.63) is 89.7 Å². The van der Waals surface area contributed by atoms with Crippen LogP contribution < -0.4 is 10.6 Å². The SMILES string of the molecule is COCCN1C[C@@H](NC(=O)Nc2c(C)c(-c3cnc4c(c3)c(CO)nn4C)nn2-c2ccccc2)[C@H](c2ccccc2)C1. The number of pyridine rings is 1. The Morgan fingerprint density at radius 1 is 1.07 bits per heavy atom. The molecule has 11 heteroatoms. The fraction of sp³-hybridized carbons (Fsp3) is 0.312. The van der Waals surface area contributed by atoms with Crippen LogP contribution in [0.5, 0.6) is 0 Å². The highest BCUT2D eigenvalue weighted by molar-refractivity contribution is 5.92. The van der Waals surface area contributed by atoms with Crippen LogP contribution >= 0.6 is 0 Å². The van der Waals surface area contributed by atoms with Gasteiger partial charge in [0.05, 0.1) is 36.3 Å². The van der Waals surface area contributed by atoms with Crippen molar-refractivity contribution in [2.75, 3.05) is 38.7 Å². The minimum atomic E-state index is -0.297. The van der Waals surface area contributed by atoms with Crippen LogP contribution in [0, 0.1) is 6.92 Å². The van der Waals surface area contributed by atoms with E-state index in [1.54, 1.807) is 29.7 Å². The number of carbonyl (C=O) groups is 1. The summed E-state index contributed by atoms with van der Waals surface area (Å²) in [5.74, 6) is 0.718. The van der Waals surface area contributed by atoms with Crippen LogP contribution in [0.1, 0.15) is 22.7 Å². The summed E-state index contributed by atoms with van der Waals surface area (Å²) in [5, 5.41) is 26.3. The summed E-state index contributed by atoms with van der Waals surface area (Å²) in [6.07, 6.45) is 1.75. The van der Waals surface area contributed by atoms with E-state index in [-0.39, 0.29) is 24.6 Å². The number of ether oxygens (including phenoxy) is 1. The third-order valence-corrected chi connectivity index (χ3v) is 8.08. The second-order valence-corrected chi connectivity index (χ2v) is 10.9. The first-order chi connectivity index (χ1) is 21.0. The highest BCUT2D eigenvalue weighted by Crippen LogP contribution is 2.33. The number of methoxy groups -OCH3 is 1. The first-order valence-corrected chi connectivity index (χ1v) is 14.4. The van der Waals surface area contributed by atoms with E-state index in [1.165, 1.54) is 5.56 Å². The van der Waals surface area contributed by atoms with Crippen LogP contribution in [0.2, 0.25) is 0 Å². The number of anilines is 1. The molecular formula is C32H36N8O3. The van der Waals surface area contributed by atoms with Crippen molar-refractivity contribution >= 4 is 22.9 Å². The largest absolute Gasteiger partial charge is 0.390 e. The summed E-state index contributed by atoms with van der Waals surface area (Å²) >= 11 is 0. The molecule has 0 spiro atoms. The number of aryl methyl sites for hydroxylation is 1. The van der Waals surface area contributed by atoms with Crippen molar-refractivity contribution in [3.8, 4) is 16.9 Å². The molecule has 0 saturated carbocycles. The molecule has 1 aliphatic rings. The summed E-state index contributed by atoms with van der Waals surface area (Å²) in [7, 11) is 3.50. The Kier molecular flexibility index (Phi) is 8.19. The molecule has 6 rings (SSSR count). The number of benzene rings is 2. The molecule has 0 unspecified atom stereocenters. The second kappa shape index (κ2) is 12.3. The summed E-state index contributed by atoms with van der Waals surface area (Å²) in [4.78, 5) is 20.6. The highest BCUT2D eigenvalue weighted by Gasteiger charge is 2.35. The number of aromatic nitrogens is 5. The number of nitrogens with one attached hydrogen (secondary N) is 2. The number of carbonyl (C=O) groups excluding carboxylic acids is 1. The predicted molar refractivity (Wildman–Crippen MR) is 165 cm³/mol. The zero-order chi connectivity index (χ0) is 29.9. The summed E-state index contributed by atoms with van der Waals surface area (Å²) < 4.78 is 8.71. The van der Waals surface area contributed by atoms with Gasteiger partial charge in [0.2, 0.25) is 0 Å². The quantitative estimate of drug-likeness (QED) is 0.242. The van der Waals surface area contributed by atoms with Gasteiger partial charge in [0, 0.05) is 62.4 Å². The van der Waals surface area contributed by atoms with Gasteiger partial charge in [0.25, 0.3) is 0 Å². The van der Waals surface area contributed by atoms with E-state index >= 15 is 0 Å². The molecule has 2 atom stereocenters. The number of aliphatic hydroxyl groups excluding tert-OH is 1. The van der Waals surface area contributed by atoms with Gasteiger partial charge in [0.1, 0.15) is 5.82 Å². The highest BCUT2D eigenvalue weighted by atomic mass is 16.5. The average Bonchev–Trinajstić information content (AvgIpc) is 3.69. The maximum atomic E-state index is 13.7. The Morgan fingerprint density at radius 3 is 2.53 bits per heavy atom. The van der Waals surface area contributed by atoms with Gasteiger partial charge in [-0.05, 0) is 30.7 Å². The number of amides is 2. The molecule has 1 saturated heterocycles. The lowest BCUT2D eigenvalue weighted by atomic mass is 9.94. The Morgan fingerprint density at radius 2 is 1.81 bits per heavy atom. The lowest BCUT2D eigenvalue weighted by Gasteiger charge is -2.21. The maximum absolute atomic E-state index is 13.7. The fourth-order valence-corrected chi connectivity index (χ4v) is 5.91. The molecule has 222 valence electrons. The number of rotatable bonds is 9. The topological polar surface area (TPSA) is 122 Å². The van der Waals surface area contributed by atoms with Gasteiger partial charge in [-0.2, -0.15) is 10.2 Å². The maximum Gasteiger partial charge on any atom is 0.320 e. The van der Waals surface area contributed by atoms with Gasteiger partial charge in [-0.1, -0.05) is 48.5 Å². The number of hydrogen-bond acceptors (Lipinski definition) is 7. The van der Waals surface area contributed by atoms with E-state index in [4.69, 9.17) is 9.84 Å². The Bertz CT molecular complexity index is 1720. The minimum Gasteiger partial charge on any atom is -0.390 e. The van der Waals surface area contributed by atoms with E-state index < -0.39 is 0 Å². The average molecular weight is 581 g/mol. The van der Waals surface area contributed by atoms with Crippen LogP contribution in [0.4, 0.5) is 10.6 Å². The standard InChI is InChI=1S/C32H36N8O3/c1-21-29(23-16-25-28(20-41)36-38(2)31(25)33-17-23)37-40(24-12-8-5-9-13-24)30(21)35-32(42)34-27-19-39(14-15-43-3)18-26(27)22-10-6-4-7-11-22/h4-13,16-17,26-27,41H,14-15,18-20H2,1-3H3,(H2,34,35,42)/t26-,27+/m0/s1. The normalized spacial score (nSPS) is 17.0. The first kappa shape index (κ1) is 28.5. The van der Waals surface area contributed by atoms with Gasteiger partial charge >= 0.3 is 6.03 Å². The van der Waals surface area contributed by atoms with E-state index in [1.807, 2.05) is 61.5 Å². The molecule has 2 amide bonds. The lowest BCUT2D eigenvalue weighted by molar-refractivity contribution is 0.159. The first-order valence-electron chi connectivity index (χ1n) is 14.4. The smallest absolute Gasteiger partial charge is 0.320 e. The van der Waals surface area contributed by atoms with Crippen molar-refractivity contribution in [1.29, 1.82) is 0 Å². The third-order valence-electron chi connectivity index (χ3n) is 8.08. The lowest BCUT2D eigenvalue weighted by Crippen LogP contribution is -2.42. The molecule has 2 aromatic carbocycles. The molecule has 3 aromatic heterocycles. The molecule has 0 bridgehead atoms. The molecule has 5 aromatic rings. The fourth-order valence-electron chi connectivity index (χ4n) is 5.91. The van der Waals surface area contributed by atoms with Crippen molar-refractivity contribution in [3.63, 3.8) is 0 Å². The van der Waals surface area contributed by atoms with Crippen molar-refractivity contribution < 1.29 is 14.6 Å². The molecular weight excluding hydrogens is 544 g/mol. The van der Waals surface area contributed by atoms with E-state index in [0.29, 0.717) is 29.5 Å². The van der Waals surface area contributed by atoms with Crippen LogP contribution in [0.3, 0.4) is 0 Å². The van der Waals surface area contributed by atoms with Crippen LogP contribution in [-0.4, -0.2) is 80.0 Å². The van der Waals surface area contributed by atoms with Gasteiger partial charge < -0.3 is 15.2 Å². The van der Waals surface area contributed by atoms with Crippen LogP contribution in [0.25, 0.3) is 28.0 Å². The predicted octanol–water partition coefficient (Wildman–Crippen LogP) is 3.86. The van der Waals surface area contributed by atoms with Gasteiger partial charge in [0.15, 0.2) is 5.65 Å². The molecule has 11 nitrogen and oxygen atoms in total. The van der Waals surface area contributed by atoms with Crippen molar-refractivity contribution in [2.24, 2.45) is 7.05 Å². The minimum absolute atomic E-state index is 0.0822. The summed E-state index contributed by atoms with van der Waals surface area (Å²) in [6.45, 7) is 4.74. The monoisotopic (exact) mass is 580 g/mol. The van der Waals surface area contributed by atoms with Crippen LogP contribution in [0.15, 0.2) is 72.9 Å². The number of aliphatic hydroxyl groups is 1. The van der Waals surface area contributed by atoms with Gasteiger partial charge in [-0.25, -0.2) is 14.5 Å². The summed E-state index contributed by atoms with van der Waals surface area (Å²) in [5.41, 5.74) is 5.47. The van der Waals surface area contributed by atoms with E-state index in [0.717, 1.165) is 41.8 Å². The van der Waals surface area contributed by atoms with E-state index in [9.17, 15) is 9.90 Å². The number of hydrogen-bond donors (Lipinski definition) is 3. The number of para-hydroxylation sites is 1. The Labute approximate surface area is 250 Å². The van der Waals surface area contributed by atoms with Crippen molar-refractivity contribution in [1.82, 2.24) is 34.8 Å².